The van der Waals surface area contributed by atoms with Gasteiger partial charge < -0.3 is 5.32 Å². The summed E-state index contributed by atoms with van der Waals surface area (Å²) < 4.78 is 42.4. The Morgan fingerprint density at radius 1 is 0.968 bits per heavy atom. The van der Waals surface area contributed by atoms with Crippen molar-refractivity contribution >= 4 is 38.2 Å². The van der Waals surface area contributed by atoms with Crippen molar-refractivity contribution in [1.29, 1.82) is 0 Å². The molecule has 1 amide bonds. The summed E-state index contributed by atoms with van der Waals surface area (Å²) in [6, 6.07) is 17.6. The lowest BCUT2D eigenvalue weighted by Crippen LogP contribution is -2.21. The quantitative estimate of drug-likeness (QED) is 0.449. The van der Waals surface area contributed by atoms with Gasteiger partial charge in [0.05, 0.1) is 5.69 Å². The van der Waals surface area contributed by atoms with Crippen molar-refractivity contribution in [2.75, 3.05) is 10.0 Å². The number of fused-ring (bicyclic) bond motifs is 2. The molecule has 0 fully saturated rings. The van der Waals surface area contributed by atoms with Gasteiger partial charge in [-0.25, -0.2) is 12.8 Å². The van der Waals surface area contributed by atoms with Gasteiger partial charge in [-0.15, -0.1) is 0 Å². The third kappa shape index (κ3) is 3.64. The molecule has 0 saturated carbocycles. The zero-order valence-electron chi connectivity index (χ0n) is 16.1. The summed E-state index contributed by atoms with van der Waals surface area (Å²) in [6.07, 6.45) is 0.568. The SMILES string of the molecule is O=C1CCc2cc(S(=O)(=O)Nc3cc(-c4ccc5ccccc5c4)[nH]n3)c(F)cc2N1. The molecule has 31 heavy (non-hydrogen) atoms. The maximum Gasteiger partial charge on any atom is 0.266 e. The first kappa shape index (κ1) is 19.3. The number of hydrogen-bond donors (Lipinski definition) is 3. The third-order valence-corrected chi connectivity index (χ3v) is 6.59. The van der Waals surface area contributed by atoms with Gasteiger partial charge in [0.1, 0.15) is 10.7 Å². The Hall–Kier alpha value is -3.72. The lowest BCUT2D eigenvalue weighted by atomic mass is 10.0. The van der Waals surface area contributed by atoms with E-state index in [-0.39, 0.29) is 18.1 Å². The Morgan fingerprint density at radius 3 is 2.61 bits per heavy atom. The molecule has 0 atom stereocenters. The molecule has 0 saturated heterocycles. The highest BCUT2D eigenvalue weighted by Crippen LogP contribution is 2.30. The van der Waals surface area contributed by atoms with Gasteiger partial charge in [0.25, 0.3) is 10.0 Å². The van der Waals surface area contributed by atoms with E-state index < -0.39 is 20.7 Å². The molecule has 0 radical (unpaired) electrons. The number of nitrogens with zero attached hydrogens (tertiary/aromatic N) is 1. The first-order valence-electron chi connectivity index (χ1n) is 9.59. The summed E-state index contributed by atoms with van der Waals surface area (Å²) in [5, 5.41) is 11.5. The first-order valence-corrected chi connectivity index (χ1v) is 11.1. The summed E-state index contributed by atoms with van der Waals surface area (Å²) in [4.78, 5) is 11.0. The highest BCUT2D eigenvalue weighted by molar-refractivity contribution is 7.92. The topological polar surface area (TPSA) is 104 Å². The second-order valence-corrected chi connectivity index (χ2v) is 8.97. The molecule has 4 aromatic rings. The van der Waals surface area contributed by atoms with Gasteiger partial charge in [-0.2, -0.15) is 5.10 Å². The Morgan fingerprint density at radius 2 is 1.77 bits per heavy atom. The van der Waals surface area contributed by atoms with Crippen molar-refractivity contribution in [3.63, 3.8) is 0 Å². The van der Waals surface area contributed by atoms with Crippen molar-refractivity contribution in [3.05, 3.63) is 72.0 Å². The summed E-state index contributed by atoms with van der Waals surface area (Å²) in [7, 11) is -4.21. The first-order chi connectivity index (χ1) is 14.9. The van der Waals surface area contributed by atoms with Crippen LogP contribution in [-0.4, -0.2) is 24.5 Å². The smallest absolute Gasteiger partial charge is 0.266 e. The van der Waals surface area contributed by atoms with Crippen molar-refractivity contribution < 1.29 is 17.6 Å². The summed E-state index contributed by atoms with van der Waals surface area (Å²) in [5.74, 6) is -1.12. The molecular weight excluding hydrogens is 419 g/mol. The highest BCUT2D eigenvalue weighted by Gasteiger charge is 2.25. The molecule has 0 unspecified atom stereocenters. The summed E-state index contributed by atoms with van der Waals surface area (Å²) in [6.45, 7) is 0. The number of hydrogen-bond acceptors (Lipinski definition) is 4. The molecule has 156 valence electrons. The average Bonchev–Trinajstić information content (AvgIpc) is 3.20. The monoisotopic (exact) mass is 436 g/mol. The summed E-state index contributed by atoms with van der Waals surface area (Å²) in [5.41, 5.74) is 2.33. The molecule has 1 aliphatic heterocycles. The van der Waals surface area contributed by atoms with Gasteiger partial charge in [0.2, 0.25) is 5.91 Å². The molecule has 2 heterocycles. The van der Waals surface area contributed by atoms with Crippen LogP contribution in [0.1, 0.15) is 12.0 Å². The van der Waals surface area contributed by atoms with Crippen LogP contribution < -0.4 is 10.0 Å². The molecule has 1 aliphatic rings. The van der Waals surface area contributed by atoms with Crippen molar-refractivity contribution in [1.82, 2.24) is 10.2 Å². The van der Waals surface area contributed by atoms with Crippen LogP contribution in [0.25, 0.3) is 22.0 Å². The van der Waals surface area contributed by atoms with E-state index in [9.17, 15) is 17.6 Å². The van der Waals surface area contributed by atoms with E-state index in [1.807, 2.05) is 42.5 Å². The number of carbonyl (C=O) groups excluding carboxylic acids is 1. The van der Waals surface area contributed by atoms with E-state index in [1.54, 1.807) is 6.07 Å². The Bertz CT molecular complexity index is 1450. The van der Waals surface area contributed by atoms with Gasteiger partial charge in [0.15, 0.2) is 5.82 Å². The van der Waals surface area contributed by atoms with Crippen molar-refractivity contribution in [2.45, 2.75) is 17.7 Å². The molecule has 9 heteroatoms. The zero-order chi connectivity index (χ0) is 21.6. The largest absolute Gasteiger partial charge is 0.326 e. The second-order valence-electron chi connectivity index (χ2n) is 7.32. The number of nitrogens with one attached hydrogen (secondary N) is 3. The number of aryl methyl sites for hydroxylation is 1. The lowest BCUT2D eigenvalue weighted by molar-refractivity contribution is -0.116. The van der Waals surface area contributed by atoms with E-state index in [0.717, 1.165) is 22.4 Å². The number of anilines is 2. The predicted octanol–water partition coefficient (Wildman–Crippen LogP) is 4.05. The Balaban J connectivity index is 1.43. The zero-order valence-corrected chi connectivity index (χ0v) is 17.0. The van der Waals surface area contributed by atoms with Crippen molar-refractivity contribution in [2.24, 2.45) is 0 Å². The van der Waals surface area contributed by atoms with Crippen LogP contribution in [0.3, 0.4) is 0 Å². The lowest BCUT2D eigenvalue weighted by Gasteiger charge is -2.18. The van der Waals surface area contributed by atoms with Gasteiger partial charge in [-0.05, 0) is 41.0 Å². The number of aromatic amines is 1. The van der Waals surface area contributed by atoms with Crippen LogP contribution in [0.5, 0.6) is 0 Å². The van der Waals surface area contributed by atoms with E-state index in [2.05, 4.69) is 20.2 Å². The number of carbonyl (C=O) groups is 1. The summed E-state index contributed by atoms with van der Waals surface area (Å²) >= 11 is 0. The molecule has 7 nitrogen and oxygen atoms in total. The molecule has 5 rings (SSSR count). The van der Waals surface area contributed by atoms with Gasteiger partial charge in [-0.3, -0.25) is 14.6 Å². The predicted molar refractivity (Wildman–Crippen MR) is 116 cm³/mol. The number of benzene rings is 3. The fraction of sp³-hybridized carbons (Fsp3) is 0.0909. The number of amides is 1. The average molecular weight is 436 g/mol. The van der Waals surface area contributed by atoms with Crippen LogP contribution in [0.15, 0.2) is 65.6 Å². The van der Waals surface area contributed by atoms with E-state index in [0.29, 0.717) is 23.4 Å². The van der Waals surface area contributed by atoms with Gasteiger partial charge in [-0.1, -0.05) is 36.4 Å². The van der Waals surface area contributed by atoms with E-state index in [1.165, 1.54) is 6.07 Å². The second kappa shape index (κ2) is 7.21. The van der Waals surface area contributed by atoms with Crippen LogP contribution in [-0.2, 0) is 21.2 Å². The number of rotatable bonds is 4. The minimum absolute atomic E-state index is 0.0496. The number of aromatic nitrogens is 2. The third-order valence-electron chi connectivity index (χ3n) is 5.22. The minimum Gasteiger partial charge on any atom is -0.326 e. The number of halogens is 1. The van der Waals surface area contributed by atoms with E-state index >= 15 is 0 Å². The van der Waals surface area contributed by atoms with Crippen LogP contribution >= 0.6 is 0 Å². The van der Waals surface area contributed by atoms with Crippen molar-refractivity contribution in [3.8, 4) is 11.3 Å². The molecule has 0 spiro atoms. The fourth-order valence-corrected chi connectivity index (χ4v) is 4.76. The normalized spacial score (nSPS) is 13.6. The molecule has 0 bridgehead atoms. The molecule has 0 aliphatic carbocycles. The highest BCUT2D eigenvalue weighted by atomic mass is 32.2. The Labute approximate surface area is 177 Å². The van der Waals surface area contributed by atoms with Crippen LogP contribution in [0.4, 0.5) is 15.9 Å². The van der Waals surface area contributed by atoms with Gasteiger partial charge in [0, 0.05) is 23.7 Å². The van der Waals surface area contributed by atoms with Crippen LogP contribution in [0, 0.1) is 5.82 Å². The Kier molecular flexibility index (Phi) is 4.48. The van der Waals surface area contributed by atoms with E-state index in [4.69, 9.17) is 0 Å². The maximum absolute atomic E-state index is 14.5. The maximum atomic E-state index is 14.5. The number of H-pyrrole nitrogens is 1. The molecule has 1 aromatic heterocycles. The minimum atomic E-state index is -4.21. The molecular formula is C22H17FN4O3S. The fourth-order valence-electron chi connectivity index (χ4n) is 3.66. The van der Waals surface area contributed by atoms with Gasteiger partial charge >= 0.3 is 0 Å². The standard InChI is InChI=1S/C22H17FN4O3S/c23-17-11-18-16(7-8-22(28)24-18)10-20(17)31(29,30)27-21-12-19(25-26-21)15-6-5-13-3-1-2-4-14(13)9-15/h1-6,9-12H,7-8H2,(H,24,28)(H2,25,26,27). The number of sulfonamides is 1. The molecule has 3 aromatic carbocycles. The molecule has 3 N–H and O–H groups in total. The van der Waals surface area contributed by atoms with Crippen LogP contribution in [0.2, 0.25) is 0 Å².